The van der Waals surface area contributed by atoms with Crippen LogP contribution in [0, 0.1) is 5.82 Å². The predicted octanol–water partition coefficient (Wildman–Crippen LogP) is 2.52. The number of alkyl halides is 3. The molecule has 112 valence electrons. The van der Waals surface area contributed by atoms with Crippen LogP contribution in [0.2, 0.25) is 0 Å². The molecule has 0 amide bonds. The number of rotatable bonds is 4. The summed E-state index contributed by atoms with van der Waals surface area (Å²) in [7, 11) is 0. The van der Waals surface area contributed by atoms with E-state index in [4.69, 9.17) is 0 Å². The van der Waals surface area contributed by atoms with Gasteiger partial charge in [0, 0.05) is 12.7 Å². The quantitative estimate of drug-likeness (QED) is 0.839. The molecule has 1 aromatic carbocycles. The lowest BCUT2D eigenvalue weighted by Gasteiger charge is -2.19. The van der Waals surface area contributed by atoms with Gasteiger partial charge in [0.1, 0.15) is 11.9 Å². The minimum atomic E-state index is -4.89. The number of carbonyl (C=O) groups excluding carboxylic acids is 1. The third-order valence-electron chi connectivity index (χ3n) is 2.46. The number of benzene rings is 1. The first kappa shape index (κ1) is 16.9. The van der Waals surface area contributed by atoms with Gasteiger partial charge in [0.15, 0.2) is 5.12 Å². The Morgan fingerprint density at radius 2 is 1.95 bits per heavy atom. The van der Waals surface area contributed by atoms with Gasteiger partial charge in [-0.05, 0) is 17.7 Å². The molecule has 0 aromatic heterocycles. The van der Waals surface area contributed by atoms with Crippen molar-refractivity contribution >= 4 is 16.9 Å². The molecule has 0 aliphatic heterocycles. The fourth-order valence-electron chi connectivity index (χ4n) is 1.46. The second-order valence-electron chi connectivity index (χ2n) is 4.05. The van der Waals surface area contributed by atoms with E-state index in [1.165, 1.54) is 6.92 Å². The molecular formula is C12H12F4O3S. The summed E-state index contributed by atoms with van der Waals surface area (Å²) < 4.78 is 50.6. The van der Waals surface area contributed by atoms with Crippen molar-refractivity contribution in [2.75, 3.05) is 5.75 Å². The van der Waals surface area contributed by atoms with Crippen molar-refractivity contribution in [3.05, 3.63) is 35.1 Å². The van der Waals surface area contributed by atoms with Crippen molar-refractivity contribution in [3.8, 4) is 0 Å². The van der Waals surface area contributed by atoms with Crippen molar-refractivity contribution in [2.24, 2.45) is 0 Å². The Morgan fingerprint density at radius 1 is 1.35 bits per heavy atom. The third kappa shape index (κ3) is 4.46. The van der Waals surface area contributed by atoms with Crippen LogP contribution < -0.4 is 0 Å². The standard InChI is InChI=1S/C12H12F4O3S/c1-6(17)20-5-10(18)11(19)7-2-3-9(13)8(4-7)12(14,15)16/h2-4,10-11,18-19H,5H2,1H3. The van der Waals surface area contributed by atoms with Gasteiger partial charge in [0.2, 0.25) is 0 Å². The monoisotopic (exact) mass is 312 g/mol. The van der Waals surface area contributed by atoms with E-state index < -0.39 is 29.8 Å². The minimum absolute atomic E-state index is 0.171. The highest BCUT2D eigenvalue weighted by Crippen LogP contribution is 2.33. The molecule has 0 saturated heterocycles. The fourth-order valence-corrected chi connectivity index (χ4v) is 2.05. The van der Waals surface area contributed by atoms with Crippen LogP contribution in [0.1, 0.15) is 24.2 Å². The Labute approximate surface area is 116 Å². The molecule has 0 aliphatic rings. The molecular weight excluding hydrogens is 300 g/mol. The Morgan fingerprint density at radius 3 is 2.45 bits per heavy atom. The van der Waals surface area contributed by atoms with Gasteiger partial charge in [-0.1, -0.05) is 17.8 Å². The lowest BCUT2D eigenvalue weighted by molar-refractivity contribution is -0.140. The summed E-state index contributed by atoms with van der Waals surface area (Å²) in [6, 6.07) is 1.98. The second-order valence-corrected chi connectivity index (χ2v) is 5.25. The van der Waals surface area contributed by atoms with E-state index in [-0.39, 0.29) is 16.4 Å². The van der Waals surface area contributed by atoms with Crippen molar-refractivity contribution in [1.82, 2.24) is 0 Å². The molecule has 2 unspecified atom stereocenters. The predicted molar refractivity (Wildman–Crippen MR) is 65.5 cm³/mol. The average molecular weight is 312 g/mol. The van der Waals surface area contributed by atoms with Gasteiger partial charge in [-0.15, -0.1) is 0 Å². The fraction of sp³-hybridized carbons (Fsp3) is 0.417. The van der Waals surface area contributed by atoms with Gasteiger partial charge in [0.05, 0.1) is 11.7 Å². The van der Waals surface area contributed by atoms with E-state index in [0.717, 1.165) is 17.8 Å². The van der Waals surface area contributed by atoms with Crippen LogP contribution in [-0.2, 0) is 11.0 Å². The van der Waals surface area contributed by atoms with Gasteiger partial charge >= 0.3 is 6.18 Å². The molecule has 1 rings (SSSR count). The Hall–Kier alpha value is -1.12. The van der Waals surface area contributed by atoms with Gasteiger partial charge in [0.25, 0.3) is 0 Å². The first-order valence-corrected chi connectivity index (χ1v) is 6.47. The summed E-state index contributed by atoms with van der Waals surface area (Å²) in [5.74, 6) is -1.63. The van der Waals surface area contributed by atoms with Crippen LogP contribution in [0.5, 0.6) is 0 Å². The van der Waals surface area contributed by atoms with Crippen molar-refractivity contribution in [3.63, 3.8) is 0 Å². The Bertz CT molecular complexity index is 490. The number of aliphatic hydroxyl groups is 2. The van der Waals surface area contributed by atoms with Crippen LogP contribution in [0.4, 0.5) is 17.6 Å². The van der Waals surface area contributed by atoms with Gasteiger partial charge in [-0.2, -0.15) is 13.2 Å². The minimum Gasteiger partial charge on any atom is -0.389 e. The zero-order valence-electron chi connectivity index (χ0n) is 10.3. The molecule has 0 bridgehead atoms. The van der Waals surface area contributed by atoms with Crippen LogP contribution in [-0.4, -0.2) is 27.2 Å². The van der Waals surface area contributed by atoms with Crippen molar-refractivity contribution < 1.29 is 32.6 Å². The number of carbonyl (C=O) groups is 1. The van der Waals surface area contributed by atoms with Crippen molar-refractivity contribution in [1.29, 1.82) is 0 Å². The molecule has 2 N–H and O–H groups in total. The summed E-state index contributed by atoms with van der Waals surface area (Å²) >= 11 is 0.730. The molecule has 0 saturated carbocycles. The van der Waals surface area contributed by atoms with Crippen LogP contribution in [0.15, 0.2) is 18.2 Å². The lowest BCUT2D eigenvalue weighted by Crippen LogP contribution is -2.22. The van der Waals surface area contributed by atoms with E-state index in [2.05, 4.69) is 0 Å². The maximum Gasteiger partial charge on any atom is 0.419 e. The molecule has 0 fully saturated rings. The van der Waals surface area contributed by atoms with Gasteiger partial charge in [-0.3, -0.25) is 4.79 Å². The highest BCUT2D eigenvalue weighted by molar-refractivity contribution is 8.13. The second kappa shape index (κ2) is 6.55. The summed E-state index contributed by atoms with van der Waals surface area (Å²) in [4.78, 5) is 10.7. The highest BCUT2D eigenvalue weighted by Gasteiger charge is 2.35. The number of thioether (sulfide) groups is 1. The SMILES string of the molecule is CC(=O)SCC(O)C(O)c1ccc(F)c(C(F)(F)F)c1. The number of aliphatic hydroxyl groups excluding tert-OH is 2. The Kier molecular flexibility index (Phi) is 5.55. The lowest BCUT2D eigenvalue weighted by atomic mass is 10.0. The molecule has 3 nitrogen and oxygen atoms in total. The summed E-state index contributed by atoms with van der Waals surface area (Å²) in [5, 5.41) is 19.0. The van der Waals surface area contributed by atoms with E-state index in [1.54, 1.807) is 0 Å². The van der Waals surface area contributed by atoms with Gasteiger partial charge in [-0.25, -0.2) is 4.39 Å². The van der Waals surface area contributed by atoms with E-state index >= 15 is 0 Å². The number of hydrogen-bond acceptors (Lipinski definition) is 4. The summed E-state index contributed by atoms with van der Waals surface area (Å²) in [6.45, 7) is 1.25. The van der Waals surface area contributed by atoms with E-state index in [9.17, 15) is 32.6 Å². The number of halogens is 4. The zero-order valence-corrected chi connectivity index (χ0v) is 11.1. The molecule has 0 radical (unpaired) electrons. The molecule has 8 heteroatoms. The molecule has 0 spiro atoms. The topological polar surface area (TPSA) is 57.5 Å². The van der Waals surface area contributed by atoms with Crippen LogP contribution >= 0.6 is 11.8 Å². The van der Waals surface area contributed by atoms with Crippen LogP contribution in [0.3, 0.4) is 0 Å². The largest absolute Gasteiger partial charge is 0.419 e. The number of hydrogen-bond donors (Lipinski definition) is 2. The van der Waals surface area contributed by atoms with Gasteiger partial charge < -0.3 is 10.2 Å². The maximum absolute atomic E-state index is 13.1. The highest BCUT2D eigenvalue weighted by atomic mass is 32.2. The van der Waals surface area contributed by atoms with Crippen molar-refractivity contribution in [2.45, 2.75) is 25.3 Å². The molecule has 0 heterocycles. The smallest absolute Gasteiger partial charge is 0.389 e. The summed E-state index contributed by atoms with van der Waals surface area (Å²) in [5.41, 5.74) is -1.78. The van der Waals surface area contributed by atoms with E-state index in [0.29, 0.717) is 12.1 Å². The summed E-state index contributed by atoms with van der Waals surface area (Å²) in [6.07, 6.45) is -7.96. The zero-order chi connectivity index (χ0) is 15.5. The molecule has 2 atom stereocenters. The first-order chi connectivity index (χ1) is 9.12. The molecule has 1 aromatic rings. The molecule has 20 heavy (non-hydrogen) atoms. The molecule has 0 aliphatic carbocycles. The first-order valence-electron chi connectivity index (χ1n) is 5.49. The van der Waals surface area contributed by atoms with Crippen LogP contribution in [0.25, 0.3) is 0 Å². The van der Waals surface area contributed by atoms with E-state index in [1.807, 2.05) is 0 Å². The normalized spacial score (nSPS) is 14.9. The maximum atomic E-state index is 13.1. The third-order valence-corrected chi connectivity index (χ3v) is 3.37. The average Bonchev–Trinajstić information content (AvgIpc) is 2.34. The Balaban J connectivity index is 2.94.